The van der Waals surface area contributed by atoms with E-state index in [9.17, 15) is 8.42 Å². The summed E-state index contributed by atoms with van der Waals surface area (Å²) in [6.45, 7) is 3.82. The smallest absolute Gasteiger partial charge is 0.180 e. The molecule has 21 heavy (non-hydrogen) atoms. The van der Waals surface area contributed by atoms with E-state index < -0.39 is 9.84 Å². The van der Waals surface area contributed by atoms with Crippen molar-refractivity contribution in [3.05, 3.63) is 29.8 Å². The summed E-state index contributed by atoms with van der Waals surface area (Å²) in [4.78, 5) is 0.212. The van der Waals surface area contributed by atoms with Crippen LogP contribution in [0.5, 0.6) is 0 Å². The first-order chi connectivity index (χ1) is 10.1. The van der Waals surface area contributed by atoms with Gasteiger partial charge >= 0.3 is 0 Å². The van der Waals surface area contributed by atoms with Gasteiger partial charge in [-0.15, -0.1) is 0 Å². The number of ether oxygens (including phenoxy) is 2. The number of unbranched alkanes of at least 4 members (excludes halogenated alkanes) is 1. The maximum Gasteiger partial charge on any atom is 0.180 e. The van der Waals surface area contributed by atoms with Gasteiger partial charge in [0.05, 0.1) is 42.1 Å². The van der Waals surface area contributed by atoms with E-state index in [4.69, 9.17) is 14.7 Å². The average Bonchev–Trinajstić information content (AvgIpc) is 2.50. The Morgan fingerprint density at radius 2 is 1.67 bits per heavy atom. The predicted octanol–water partition coefficient (Wildman–Crippen LogP) is 2.17. The molecule has 5 nitrogen and oxygen atoms in total. The number of sulfone groups is 1. The van der Waals surface area contributed by atoms with Gasteiger partial charge in [-0.3, -0.25) is 0 Å². The first-order valence-corrected chi connectivity index (χ1v) is 8.64. The van der Waals surface area contributed by atoms with Crippen LogP contribution in [0.15, 0.2) is 29.2 Å². The number of hydrogen-bond donors (Lipinski definition) is 0. The third-order valence-corrected chi connectivity index (χ3v) is 4.55. The second kappa shape index (κ2) is 9.50. The van der Waals surface area contributed by atoms with Crippen molar-refractivity contribution in [3.63, 3.8) is 0 Å². The lowest BCUT2D eigenvalue weighted by molar-refractivity contribution is 0.0523. The normalized spacial score (nSPS) is 11.2. The Kier molecular flexibility index (Phi) is 7.98. The van der Waals surface area contributed by atoms with Gasteiger partial charge in [-0.05, 0) is 30.7 Å². The van der Waals surface area contributed by atoms with Crippen molar-refractivity contribution in [1.82, 2.24) is 0 Å². The van der Waals surface area contributed by atoms with Crippen LogP contribution in [0.25, 0.3) is 0 Å². The molecule has 1 rings (SSSR count). The van der Waals surface area contributed by atoms with Crippen molar-refractivity contribution in [2.75, 3.05) is 32.2 Å². The monoisotopic (exact) mass is 311 g/mol. The lowest BCUT2D eigenvalue weighted by Gasteiger charge is -2.07. The van der Waals surface area contributed by atoms with Gasteiger partial charge in [-0.25, -0.2) is 8.42 Å². The standard InChI is InChI=1S/C15H21NO4S/c1-2-3-8-19-9-10-20-11-12-21(17,18)15-6-4-14(13-16)5-7-15/h4-7H,2-3,8-12H2,1H3. The highest BCUT2D eigenvalue weighted by Crippen LogP contribution is 2.12. The molecule has 6 heteroatoms. The number of benzene rings is 1. The third-order valence-electron chi connectivity index (χ3n) is 2.85. The first kappa shape index (κ1) is 17.6. The molecule has 0 amide bonds. The van der Waals surface area contributed by atoms with Gasteiger partial charge in [0.1, 0.15) is 0 Å². The van der Waals surface area contributed by atoms with E-state index in [1.54, 1.807) is 0 Å². The summed E-state index contributed by atoms with van der Waals surface area (Å²) >= 11 is 0. The molecule has 0 radical (unpaired) electrons. The molecule has 0 N–H and O–H groups in total. The van der Waals surface area contributed by atoms with Gasteiger partial charge in [-0.2, -0.15) is 5.26 Å². The highest BCUT2D eigenvalue weighted by atomic mass is 32.2. The highest BCUT2D eigenvalue weighted by molar-refractivity contribution is 7.91. The second-order valence-electron chi connectivity index (χ2n) is 4.53. The van der Waals surface area contributed by atoms with Crippen molar-refractivity contribution in [1.29, 1.82) is 5.26 Å². The summed E-state index contributed by atoms with van der Waals surface area (Å²) in [7, 11) is -3.36. The lowest BCUT2D eigenvalue weighted by Crippen LogP contribution is -2.14. The zero-order valence-electron chi connectivity index (χ0n) is 12.2. The van der Waals surface area contributed by atoms with Crippen molar-refractivity contribution < 1.29 is 17.9 Å². The van der Waals surface area contributed by atoms with Crippen LogP contribution in [0.3, 0.4) is 0 Å². The minimum Gasteiger partial charge on any atom is -0.379 e. The van der Waals surface area contributed by atoms with Crippen LogP contribution in [0.2, 0.25) is 0 Å². The molecule has 0 bridgehead atoms. The van der Waals surface area contributed by atoms with E-state index in [2.05, 4.69) is 6.92 Å². The topological polar surface area (TPSA) is 76.4 Å². The fraction of sp³-hybridized carbons (Fsp3) is 0.533. The Morgan fingerprint density at radius 1 is 1.05 bits per heavy atom. The van der Waals surface area contributed by atoms with E-state index in [0.717, 1.165) is 12.8 Å². The van der Waals surface area contributed by atoms with E-state index in [0.29, 0.717) is 25.4 Å². The Bertz CT molecular complexity index is 546. The molecule has 1 aromatic carbocycles. The molecule has 0 unspecified atom stereocenters. The van der Waals surface area contributed by atoms with Crippen molar-refractivity contribution in [3.8, 4) is 6.07 Å². The van der Waals surface area contributed by atoms with Crippen LogP contribution in [-0.4, -0.2) is 40.6 Å². The van der Waals surface area contributed by atoms with Gasteiger partial charge in [0.2, 0.25) is 0 Å². The Hall–Kier alpha value is -1.42. The number of rotatable bonds is 10. The summed E-state index contributed by atoms with van der Waals surface area (Å²) in [5, 5.41) is 8.68. The van der Waals surface area contributed by atoms with Crippen molar-refractivity contribution >= 4 is 9.84 Å². The van der Waals surface area contributed by atoms with Gasteiger partial charge < -0.3 is 9.47 Å². The third kappa shape index (κ3) is 6.71. The number of nitriles is 1. The summed E-state index contributed by atoms with van der Waals surface area (Å²) < 4.78 is 34.6. The molecule has 0 saturated carbocycles. The summed E-state index contributed by atoms with van der Waals surface area (Å²) in [6.07, 6.45) is 2.11. The number of nitrogens with zero attached hydrogens (tertiary/aromatic N) is 1. The fourth-order valence-electron chi connectivity index (χ4n) is 1.59. The van der Waals surface area contributed by atoms with E-state index in [1.807, 2.05) is 6.07 Å². The molecule has 0 aliphatic rings. The summed E-state index contributed by atoms with van der Waals surface area (Å²) in [5.74, 6) is -0.0755. The minimum atomic E-state index is -3.36. The maximum atomic E-state index is 12.0. The first-order valence-electron chi connectivity index (χ1n) is 6.98. The molecular formula is C15H21NO4S. The van der Waals surface area contributed by atoms with Crippen LogP contribution in [0.4, 0.5) is 0 Å². The SMILES string of the molecule is CCCCOCCOCCS(=O)(=O)c1ccc(C#N)cc1. The lowest BCUT2D eigenvalue weighted by atomic mass is 10.2. The zero-order chi connectivity index (χ0) is 15.6. The van der Waals surface area contributed by atoms with Crippen molar-refractivity contribution in [2.24, 2.45) is 0 Å². The van der Waals surface area contributed by atoms with Gasteiger partial charge in [0.15, 0.2) is 9.84 Å². The summed E-state index contributed by atoms with van der Waals surface area (Å²) in [6, 6.07) is 7.84. The van der Waals surface area contributed by atoms with Crippen LogP contribution >= 0.6 is 0 Å². The molecule has 0 aliphatic carbocycles. The van der Waals surface area contributed by atoms with Gasteiger partial charge in [0.25, 0.3) is 0 Å². The molecule has 116 valence electrons. The van der Waals surface area contributed by atoms with Crippen LogP contribution < -0.4 is 0 Å². The Balaban J connectivity index is 2.28. The molecule has 0 spiro atoms. The molecule has 0 aliphatic heterocycles. The van der Waals surface area contributed by atoms with Gasteiger partial charge in [0, 0.05) is 6.61 Å². The Labute approximate surface area is 126 Å². The molecule has 0 saturated heterocycles. The Morgan fingerprint density at radius 3 is 2.24 bits per heavy atom. The van der Waals surface area contributed by atoms with E-state index >= 15 is 0 Å². The largest absolute Gasteiger partial charge is 0.379 e. The van der Waals surface area contributed by atoms with E-state index in [1.165, 1.54) is 24.3 Å². The molecule has 0 fully saturated rings. The average molecular weight is 311 g/mol. The number of hydrogen-bond acceptors (Lipinski definition) is 5. The second-order valence-corrected chi connectivity index (χ2v) is 6.64. The van der Waals surface area contributed by atoms with Gasteiger partial charge in [-0.1, -0.05) is 13.3 Å². The molecule has 0 atom stereocenters. The van der Waals surface area contributed by atoms with Crippen LogP contribution in [0, 0.1) is 11.3 Å². The molecule has 0 aromatic heterocycles. The predicted molar refractivity (Wildman–Crippen MR) is 79.8 cm³/mol. The summed E-state index contributed by atoms with van der Waals surface area (Å²) in [5.41, 5.74) is 0.439. The highest BCUT2D eigenvalue weighted by Gasteiger charge is 2.13. The molecule has 1 aromatic rings. The quantitative estimate of drug-likeness (QED) is 0.619. The zero-order valence-corrected chi connectivity index (χ0v) is 13.1. The van der Waals surface area contributed by atoms with Crippen molar-refractivity contribution in [2.45, 2.75) is 24.7 Å². The molecular weight excluding hydrogens is 290 g/mol. The van der Waals surface area contributed by atoms with E-state index in [-0.39, 0.29) is 17.3 Å². The molecule has 0 heterocycles. The van der Waals surface area contributed by atoms with Crippen LogP contribution in [-0.2, 0) is 19.3 Å². The minimum absolute atomic E-state index is 0.0755. The van der Waals surface area contributed by atoms with Crippen LogP contribution in [0.1, 0.15) is 25.3 Å². The maximum absolute atomic E-state index is 12.0. The fourth-order valence-corrected chi connectivity index (χ4v) is 2.72.